The van der Waals surface area contributed by atoms with Crippen molar-refractivity contribution < 1.29 is 22.7 Å². The molecule has 0 aliphatic heterocycles. The van der Waals surface area contributed by atoms with Crippen LogP contribution in [-0.2, 0) is 11.0 Å². The number of nitrogens with one attached hydrogen (secondary N) is 1. The summed E-state index contributed by atoms with van der Waals surface area (Å²) in [5.74, 6) is -0.000865. The fraction of sp³-hybridized carbons (Fsp3) is 0.417. The molecule has 0 fully saturated rings. The molecular formula is C12H15F3N2O2. The number of halogens is 3. The molecule has 0 saturated heterocycles. The summed E-state index contributed by atoms with van der Waals surface area (Å²) in [5, 5.41) is 2.52. The van der Waals surface area contributed by atoms with Gasteiger partial charge in [-0.05, 0) is 31.2 Å². The van der Waals surface area contributed by atoms with Gasteiger partial charge in [0.05, 0.1) is 18.2 Å². The fourth-order valence-electron chi connectivity index (χ4n) is 1.24. The number of alkyl halides is 3. The third-order valence-electron chi connectivity index (χ3n) is 2.27. The van der Waals surface area contributed by atoms with Crippen LogP contribution in [0, 0.1) is 0 Å². The second-order valence-corrected chi connectivity index (χ2v) is 3.95. The second-order valence-electron chi connectivity index (χ2n) is 3.95. The lowest BCUT2D eigenvalue weighted by Gasteiger charge is -2.10. The van der Waals surface area contributed by atoms with Gasteiger partial charge in [0.25, 0.3) is 0 Å². The van der Waals surface area contributed by atoms with Gasteiger partial charge >= 0.3 is 6.18 Å². The largest absolute Gasteiger partial charge is 0.492 e. The Morgan fingerprint density at radius 2 is 1.95 bits per heavy atom. The standard InChI is InChI=1S/C12H15F3N2O2/c1-8(16)11(18)17-6-7-19-10-4-2-9(3-5-10)12(13,14)15/h2-5,8H,6-7,16H2,1H3,(H,17,18)/t8-/m1/s1. The van der Waals surface area contributed by atoms with Gasteiger partial charge in [0.2, 0.25) is 5.91 Å². The van der Waals surface area contributed by atoms with Gasteiger partial charge in [0, 0.05) is 0 Å². The summed E-state index contributed by atoms with van der Waals surface area (Å²) in [6.07, 6.45) is -4.36. The number of amides is 1. The molecule has 0 unspecified atom stereocenters. The summed E-state index contributed by atoms with van der Waals surface area (Å²) in [6, 6.07) is 3.74. The van der Waals surface area contributed by atoms with E-state index in [9.17, 15) is 18.0 Å². The smallest absolute Gasteiger partial charge is 0.416 e. The molecule has 0 aliphatic carbocycles. The molecule has 1 atom stereocenters. The van der Waals surface area contributed by atoms with E-state index in [0.29, 0.717) is 5.75 Å². The Morgan fingerprint density at radius 1 is 1.37 bits per heavy atom. The summed E-state index contributed by atoms with van der Waals surface area (Å²) in [7, 11) is 0. The molecule has 3 N–H and O–H groups in total. The number of hydrogen-bond donors (Lipinski definition) is 2. The fourth-order valence-corrected chi connectivity index (χ4v) is 1.24. The molecule has 19 heavy (non-hydrogen) atoms. The second kappa shape index (κ2) is 6.42. The molecule has 1 amide bonds. The van der Waals surface area contributed by atoms with E-state index in [0.717, 1.165) is 12.1 Å². The van der Waals surface area contributed by atoms with E-state index in [4.69, 9.17) is 10.5 Å². The number of hydrogen-bond acceptors (Lipinski definition) is 3. The number of nitrogens with two attached hydrogens (primary N) is 1. The molecule has 0 radical (unpaired) electrons. The molecule has 1 rings (SSSR count). The van der Waals surface area contributed by atoms with Crippen molar-refractivity contribution in [3.05, 3.63) is 29.8 Å². The Kier molecular flexibility index (Phi) is 5.17. The Balaban J connectivity index is 2.37. The van der Waals surface area contributed by atoms with Crippen LogP contribution in [0.5, 0.6) is 5.75 Å². The van der Waals surface area contributed by atoms with Crippen LogP contribution in [0.25, 0.3) is 0 Å². The van der Waals surface area contributed by atoms with E-state index in [1.165, 1.54) is 12.1 Å². The predicted molar refractivity (Wildman–Crippen MR) is 63.6 cm³/mol. The third-order valence-corrected chi connectivity index (χ3v) is 2.27. The number of benzene rings is 1. The van der Waals surface area contributed by atoms with Crippen LogP contribution in [-0.4, -0.2) is 25.1 Å². The molecular weight excluding hydrogens is 261 g/mol. The van der Waals surface area contributed by atoms with Gasteiger partial charge in [0.15, 0.2) is 0 Å². The topological polar surface area (TPSA) is 64.4 Å². The number of carbonyl (C=O) groups excluding carboxylic acids is 1. The maximum Gasteiger partial charge on any atom is 0.416 e. The summed E-state index contributed by atoms with van der Waals surface area (Å²) in [5.41, 5.74) is 4.60. The van der Waals surface area contributed by atoms with Crippen molar-refractivity contribution in [3.63, 3.8) is 0 Å². The van der Waals surface area contributed by atoms with Crippen LogP contribution in [0.4, 0.5) is 13.2 Å². The first-order chi connectivity index (χ1) is 8.80. The number of rotatable bonds is 5. The van der Waals surface area contributed by atoms with E-state index in [2.05, 4.69) is 5.32 Å². The minimum atomic E-state index is -4.36. The van der Waals surface area contributed by atoms with Crippen LogP contribution < -0.4 is 15.8 Å². The van der Waals surface area contributed by atoms with Crippen LogP contribution >= 0.6 is 0 Å². The van der Waals surface area contributed by atoms with E-state index >= 15 is 0 Å². The molecule has 0 heterocycles. The van der Waals surface area contributed by atoms with Crippen molar-refractivity contribution in [2.24, 2.45) is 5.73 Å². The highest BCUT2D eigenvalue weighted by molar-refractivity contribution is 5.80. The van der Waals surface area contributed by atoms with Crippen molar-refractivity contribution in [3.8, 4) is 5.75 Å². The molecule has 0 spiro atoms. The first-order valence-electron chi connectivity index (χ1n) is 5.64. The minimum absolute atomic E-state index is 0.157. The highest BCUT2D eigenvalue weighted by atomic mass is 19.4. The van der Waals surface area contributed by atoms with Crippen LogP contribution in [0.2, 0.25) is 0 Å². The van der Waals surface area contributed by atoms with Crippen LogP contribution in [0.15, 0.2) is 24.3 Å². The van der Waals surface area contributed by atoms with Gasteiger partial charge in [-0.15, -0.1) is 0 Å². The van der Waals surface area contributed by atoms with E-state index < -0.39 is 17.8 Å². The highest BCUT2D eigenvalue weighted by Gasteiger charge is 2.29. The molecule has 0 saturated carbocycles. The van der Waals surface area contributed by atoms with Gasteiger partial charge in [-0.25, -0.2) is 0 Å². The molecule has 106 valence electrons. The summed E-state index contributed by atoms with van der Waals surface area (Å²) >= 11 is 0. The number of ether oxygens (including phenoxy) is 1. The van der Waals surface area contributed by atoms with Crippen LogP contribution in [0.1, 0.15) is 12.5 Å². The van der Waals surface area contributed by atoms with E-state index in [1.807, 2.05) is 0 Å². The molecule has 7 heteroatoms. The van der Waals surface area contributed by atoms with Crippen LogP contribution in [0.3, 0.4) is 0 Å². The highest BCUT2D eigenvalue weighted by Crippen LogP contribution is 2.30. The van der Waals surface area contributed by atoms with Gasteiger partial charge in [-0.2, -0.15) is 13.2 Å². The monoisotopic (exact) mass is 276 g/mol. The number of carbonyl (C=O) groups is 1. The first kappa shape index (κ1) is 15.3. The first-order valence-corrected chi connectivity index (χ1v) is 5.64. The Morgan fingerprint density at radius 3 is 2.42 bits per heavy atom. The lowest BCUT2D eigenvalue weighted by Crippen LogP contribution is -2.40. The lowest BCUT2D eigenvalue weighted by molar-refractivity contribution is -0.137. The van der Waals surface area contributed by atoms with Crippen molar-refractivity contribution in [1.82, 2.24) is 5.32 Å². The van der Waals surface area contributed by atoms with Crippen molar-refractivity contribution in [2.75, 3.05) is 13.2 Å². The van der Waals surface area contributed by atoms with Gasteiger partial charge in [-0.3, -0.25) is 4.79 Å². The zero-order chi connectivity index (χ0) is 14.5. The third kappa shape index (κ3) is 5.17. The Hall–Kier alpha value is -1.76. The van der Waals surface area contributed by atoms with E-state index in [-0.39, 0.29) is 19.1 Å². The van der Waals surface area contributed by atoms with Gasteiger partial charge < -0.3 is 15.8 Å². The minimum Gasteiger partial charge on any atom is -0.492 e. The summed E-state index contributed by atoms with van der Waals surface area (Å²) < 4.78 is 42.1. The molecule has 4 nitrogen and oxygen atoms in total. The molecule has 0 aliphatic rings. The maximum atomic E-state index is 12.3. The quantitative estimate of drug-likeness (QED) is 0.802. The Labute approximate surface area is 108 Å². The summed E-state index contributed by atoms with van der Waals surface area (Å²) in [4.78, 5) is 11.1. The molecule has 0 aromatic heterocycles. The SMILES string of the molecule is C[C@@H](N)C(=O)NCCOc1ccc(C(F)(F)F)cc1. The molecule has 0 bridgehead atoms. The van der Waals surface area contributed by atoms with Gasteiger partial charge in [-0.1, -0.05) is 0 Å². The zero-order valence-corrected chi connectivity index (χ0v) is 10.3. The molecule has 1 aromatic carbocycles. The predicted octanol–water partition coefficient (Wildman–Crippen LogP) is 1.55. The summed E-state index contributed by atoms with van der Waals surface area (Å²) in [6.45, 7) is 1.94. The normalized spacial score (nSPS) is 12.9. The van der Waals surface area contributed by atoms with E-state index in [1.54, 1.807) is 6.92 Å². The van der Waals surface area contributed by atoms with Crippen molar-refractivity contribution >= 4 is 5.91 Å². The average molecular weight is 276 g/mol. The van der Waals surface area contributed by atoms with Gasteiger partial charge in [0.1, 0.15) is 12.4 Å². The lowest BCUT2D eigenvalue weighted by atomic mass is 10.2. The molecule has 1 aromatic rings. The van der Waals surface area contributed by atoms with Crippen molar-refractivity contribution in [2.45, 2.75) is 19.1 Å². The average Bonchev–Trinajstić information content (AvgIpc) is 2.33. The van der Waals surface area contributed by atoms with Crippen molar-refractivity contribution in [1.29, 1.82) is 0 Å². The zero-order valence-electron chi connectivity index (χ0n) is 10.3. The Bertz CT molecular complexity index is 416. The maximum absolute atomic E-state index is 12.3.